The summed E-state index contributed by atoms with van der Waals surface area (Å²) in [5.41, 5.74) is 0. The van der Waals surface area contributed by atoms with E-state index in [1.165, 1.54) is 10.8 Å². The van der Waals surface area contributed by atoms with Crippen molar-refractivity contribution in [3.63, 3.8) is 0 Å². The minimum Gasteiger partial charge on any atom is -0.205 e. The van der Waals surface area contributed by atoms with Crippen molar-refractivity contribution in [2.75, 3.05) is 0 Å². The lowest BCUT2D eigenvalue weighted by atomic mass is 10.2. The highest BCUT2D eigenvalue weighted by Crippen LogP contribution is 2.09. The number of hydrogen-bond donors (Lipinski definition) is 0. The Balaban J connectivity index is 2.67. The third-order valence-electron chi connectivity index (χ3n) is 2.11. The summed E-state index contributed by atoms with van der Waals surface area (Å²) in [4.78, 5) is 0. The van der Waals surface area contributed by atoms with Crippen LogP contribution in [0.25, 0.3) is 10.8 Å². The van der Waals surface area contributed by atoms with Crippen molar-refractivity contribution in [3.05, 3.63) is 42.7 Å². The van der Waals surface area contributed by atoms with Crippen LogP contribution in [0.4, 0.5) is 0 Å². The van der Waals surface area contributed by atoms with Crippen molar-refractivity contribution in [3.8, 4) is 0 Å². The van der Waals surface area contributed by atoms with E-state index in [0.717, 1.165) is 6.54 Å². The van der Waals surface area contributed by atoms with Gasteiger partial charge in [0.2, 0.25) is 0 Å². The number of aromatic nitrogens is 1. The van der Waals surface area contributed by atoms with Crippen molar-refractivity contribution in [1.82, 2.24) is 0 Å². The molecule has 0 unspecified atom stereocenters. The first-order chi connectivity index (χ1) is 5.90. The van der Waals surface area contributed by atoms with E-state index in [2.05, 4.69) is 54.2 Å². The Bertz CT molecular complexity index is 393. The molecule has 0 aliphatic rings. The van der Waals surface area contributed by atoms with E-state index in [9.17, 15) is 0 Å². The predicted octanol–water partition coefficient (Wildman–Crippen LogP) is 2.15. The van der Waals surface area contributed by atoms with Gasteiger partial charge in [-0.1, -0.05) is 18.2 Å². The average molecular weight is 158 g/mol. The Labute approximate surface area is 72.3 Å². The van der Waals surface area contributed by atoms with Crippen molar-refractivity contribution >= 4 is 10.8 Å². The number of aryl methyl sites for hydroxylation is 1. The van der Waals surface area contributed by atoms with Gasteiger partial charge in [0.15, 0.2) is 12.4 Å². The molecule has 0 amide bonds. The van der Waals surface area contributed by atoms with Gasteiger partial charge in [0.05, 0.1) is 0 Å². The minimum atomic E-state index is 1.03. The van der Waals surface area contributed by atoms with Crippen molar-refractivity contribution in [2.24, 2.45) is 0 Å². The van der Waals surface area contributed by atoms with Crippen LogP contribution in [0.1, 0.15) is 6.92 Å². The molecule has 0 radical (unpaired) electrons. The molecule has 0 aliphatic heterocycles. The third kappa shape index (κ3) is 1.18. The van der Waals surface area contributed by atoms with Gasteiger partial charge in [0.25, 0.3) is 0 Å². The van der Waals surface area contributed by atoms with Gasteiger partial charge < -0.3 is 0 Å². The van der Waals surface area contributed by atoms with Gasteiger partial charge in [-0.15, -0.1) is 0 Å². The number of hydrogen-bond acceptors (Lipinski definition) is 0. The smallest absolute Gasteiger partial charge is 0.176 e. The molecule has 0 saturated carbocycles. The molecule has 0 atom stereocenters. The van der Waals surface area contributed by atoms with E-state index in [0.29, 0.717) is 0 Å². The maximum absolute atomic E-state index is 2.18. The maximum Gasteiger partial charge on any atom is 0.176 e. The quantitative estimate of drug-likeness (QED) is 0.560. The summed E-state index contributed by atoms with van der Waals surface area (Å²) < 4.78 is 2.18. The van der Waals surface area contributed by atoms with Crippen molar-refractivity contribution in [1.29, 1.82) is 0 Å². The highest BCUT2D eigenvalue weighted by molar-refractivity contribution is 5.80. The molecule has 2 aromatic rings. The van der Waals surface area contributed by atoms with Gasteiger partial charge in [-0.25, -0.2) is 4.57 Å². The maximum atomic E-state index is 2.18. The molecule has 12 heavy (non-hydrogen) atoms. The Hall–Kier alpha value is -1.37. The Kier molecular flexibility index (Phi) is 1.78. The zero-order valence-corrected chi connectivity index (χ0v) is 7.20. The lowest BCUT2D eigenvalue weighted by molar-refractivity contribution is -0.692. The van der Waals surface area contributed by atoms with Gasteiger partial charge >= 0.3 is 0 Å². The molecule has 1 nitrogen and oxygen atoms in total. The molecule has 1 heteroatoms. The Morgan fingerprint density at radius 3 is 2.58 bits per heavy atom. The SMILES string of the molecule is CC[n+]1ccc2ccccc2c1. The number of benzene rings is 1. The monoisotopic (exact) mass is 158 g/mol. The van der Waals surface area contributed by atoms with Crippen LogP contribution in [0.2, 0.25) is 0 Å². The number of pyridine rings is 1. The average Bonchev–Trinajstić information content (AvgIpc) is 2.17. The molecule has 1 aromatic heterocycles. The summed E-state index contributed by atoms with van der Waals surface area (Å²) in [6.45, 7) is 3.18. The predicted molar refractivity (Wildman–Crippen MR) is 49.8 cm³/mol. The molecular formula is C11H12N+. The van der Waals surface area contributed by atoms with E-state index in [1.54, 1.807) is 0 Å². The summed E-state index contributed by atoms with van der Waals surface area (Å²) in [5, 5.41) is 2.61. The summed E-state index contributed by atoms with van der Waals surface area (Å²) in [6.07, 6.45) is 4.29. The van der Waals surface area contributed by atoms with E-state index >= 15 is 0 Å². The molecule has 0 saturated heterocycles. The number of fused-ring (bicyclic) bond motifs is 1. The molecule has 0 spiro atoms. The number of rotatable bonds is 1. The van der Waals surface area contributed by atoms with Gasteiger partial charge in [-0.3, -0.25) is 0 Å². The number of nitrogens with zero attached hydrogens (tertiary/aromatic N) is 1. The zero-order chi connectivity index (χ0) is 8.39. The largest absolute Gasteiger partial charge is 0.205 e. The topological polar surface area (TPSA) is 3.88 Å². The Morgan fingerprint density at radius 1 is 1.08 bits per heavy atom. The second-order valence-electron chi connectivity index (χ2n) is 2.90. The molecule has 1 aromatic carbocycles. The fourth-order valence-corrected chi connectivity index (χ4v) is 1.37. The van der Waals surface area contributed by atoms with Gasteiger partial charge in [0, 0.05) is 11.5 Å². The highest BCUT2D eigenvalue weighted by atomic mass is 14.9. The molecule has 0 fully saturated rings. The van der Waals surface area contributed by atoms with E-state index < -0.39 is 0 Å². The second-order valence-corrected chi connectivity index (χ2v) is 2.90. The van der Waals surface area contributed by atoms with Crippen LogP contribution in [0.3, 0.4) is 0 Å². The highest BCUT2D eigenvalue weighted by Gasteiger charge is 1.97. The van der Waals surface area contributed by atoms with Gasteiger partial charge in [-0.05, 0) is 18.4 Å². The normalized spacial score (nSPS) is 10.4. The first kappa shape index (κ1) is 7.29. The Morgan fingerprint density at radius 2 is 1.83 bits per heavy atom. The van der Waals surface area contributed by atoms with Crippen LogP contribution in [0, 0.1) is 0 Å². The standard InChI is InChI=1S/C11H12N/c1-2-12-8-7-10-5-3-4-6-11(10)9-12/h3-9H,2H2,1H3/q+1. The molecule has 1 heterocycles. The first-order valence-electron chi connectivity index (χ1n) is 4.28. The fourth-order valence-electron chi connectivity index (χ4n) is 1.37. The molecule has 0 aliphatic carbocycles. The van der Waals surface area contributed by atoms with Crippen LogP contribution < -0.4 is 4.57 Å². The van der Waals surface area contributed by atoms with Crippen molar-refractivity contribution in [2.45, 2.75) is 13.5 Å². The van der Waals surface area contributed by atoms with Crippen LogP contribution >= 0.6 is 0 Å². The fraction of sp³-hybridized carbons (Fsp3) is 0.182. The lowest BCUT2D eigenvalue weighted by Crippen LogP contribution is -2.30. The van der Waals surface area contributed by atoms with Crippen LogP contribution in [0.15, 0.2) is 42.7 Å². The van der Waals surface area contributed by atoms with Gasteiger partial charge in [0.1, 0.15) is 6.54 Å². The van der Waals surface area contributed by atoms with Crippen LogP contribution in [-0.2, 0) is 6.54 Å². The summed E-state index contributed by atoms with van der Waals surface area (Å²) in [7, 11) is 0. The lowest BCUT2D eigenvalue weighted by Gasteiger charge is -1.95. The minimum absolute atomic E-state index is 1.03. The van der Waals surface area contributed by atoms with Crippen LogP contribution in [0.5, 0.6) is 0 Å². The summed E-state index contributed by atoms with van der Waals surface area (Å²) in [5.74, 6) is 0. The van der Waals surface area contributed by atoms with Gasteiger partial charge in [-0.2, -0.15) is 0 Å². The molecule has 2 rings (SSSR count). The van der Waals surface area contributed by atoms with E-state index in [1.807, 2.05) is 0 Å². The summed E-state index contributed by atoms with van der Waals surface area (Å²) >= 11 is 0. The second kappa shape index (κ2) is 2.94. The third-order valence-corrected chi connectivity index (χ3v) is 2.11. The first-order valence-corrected chi connectivity index (χ1v) is 4.28. The molecule has 0 N–H and O–H groups in total. The molecular weight excluding hydrogens is 146 g/mol. The van der Waals surface area contributed by atoms with Crippen LogP contribution in [-0.4, -0.2) is 0 Å². The van der Waals surface area contributed by atoms with E-state index in [-0.39, 0.29) is 0 Å². The zero-order valence-electron chi connectivity index (χ0n) is 7.20. The molecule has 60 valence electrons. The van der Waals surface area contributed by atoms with Crippen molar-refractivity contribution < 1.29 is 4.57 Å². The summed E-state index contributed by atoms with van der Waals surface area (Å²) in [6, 6.07) is 10.6. The molecule has 0 bridgehead atoms. The van der Waals surface area contributed by atoms with E-state index in [4.69, 9.17) is 0 Å².